The normalized spacial score (nSPS) is 14.7. The first kappa shape index (κ1) is 15.1. The molecule has 0 saturated carbocycles. The molecule has 0 bridgehead atoms. The lowest BCUT2D eigenvalue weighted by atomic mass is 9.98. The monoisotopic (exact) mass is 250 g/mol. The Balaban J connectivity index is 2.72. The summed E-state index contributed by atoms with van der Waals surface area (Å²) in [5, 5.41) is 12.7. The van der Waals surface area contributed by atoms with Gasteiger partial charge in [-0.2, -0.15) is 0 Å². The number of hydrogen-bond donors (Lipinski definition) is 2. The summed E-state index contributed by atoms with van der Waals surface area (Å²) in [6.07, 6.45) is 4.75. The highest BCUT2D eigenvalue weighted by atomic mass is 16.3. The van der Waals surface area contributed by atoms with E-state index in [9.17, 15) is 0 Å². The van der Waals surface area contributed by atoms with Crippen LogP contribution in [0.25, 0.3) is 0 Å². The summed E-state index contributed by atoms with van der Waals surface area (Å²) >= 11 is 0. The second kappa shape index (κ2) is 8.22. The minimum Gasteiger partial charge on any atom is -0.396 e. The number of nitrogens with zero attached hydrogens (tertiary/aromatic N) is 1. The van der Waals surface area contributed by atoms with Crippen molar-refractivity contribution in [2.45, 2.75) is 52.1 Å². The number of hydrogen-bond acceptors (Lipinski definition) is 3. The van der Waals surface area contributed by atoms with Crippen LogP contribution in [0.5, 0.6) is 0 Å². The maximum Gasteiger partial charge on any atom is 0.0573 e. The molecule has 1 heterocycles. The molecule has 1 aromatic rings. The van der Waals surface area contributed by atoms with Crippen molar-refractivity contribution in [3.8, 4) is 0 Å². The van der Waals surface area contributed by atoms with Crippen LogP contribution in [-0.4, -0.2) is 22.7 Å². The zero-order chi connectivity index (χ0) is 13.4. The lowest BCUT2D eigenvalue weighted by Gasteiger charge is -2.25. The molecule has 102 valence electrons. The molecule has 0 fully saturated rings. The fraction of sp³-hybridized carbons (Fsp3) is 0.667. The summed E-state index contributed by atoms with van der Waals surface area (Å²) < 4.78 is 0. The van der Waals surface area contributed by atoms with Gasteiger partial charge in [-0.05, 0) is 37.3 Å². The Labute approximate surface area is 111 Å². The van der Waals surface area contributed by atoms with Gasteiger partial charge in [-0.1, -0.05) is 26.8 Å². The predicted molar refractivity (Wildman–Crippen MR) is 75.4 cm³/mol. The van der Waals surface area contributed by atoms with Crippen molar-refractivity contribution in [3.63, 3.8) is 0 Å². The number of aliphatic hydroxyl groups is 1. The lowest BCUT2D eigenvalue weighted by Crippen LogP contribution is -2.34. The molecule has 0 amide bonds. The van der Waals surface area contributed by atoms with Crippen LogP contribution in [-0.2, 0) is 0 Å². The molecule has 0 aromatic carbocycles. The molecule has 3 nitrogen and oxygen atoms in total. The van der Waals surface area contributed by atoms with Crippen molar-refractivity contribution in [1.82, 2.24) is 10.3 Å². The van der Waals surface area contributed by atoms with Crippen LogP contribution in [0, 0.1) is 5.92 Å². The highest BCUT2D eigenvalue weighted by molar-refractivity contribution is 5.09. The van der Waals surface area contributed by atoms with Gasteiger partial charge < -0.3 is 10.4 Å². The lowest BCUT2D eigenvalue weighted by molar-refractivity contribution is 0.250. The number of aromatic nitrogens is 1. The first-order chi connectivity index (χ1) is 8.67. The van der Waals surface area contributed by atoms with Gasteiger partial charge in [-0.25, -0.2) is 0 Å². The Bertz CT molecular complexity index is 314. The van der Waals surface area contributed by atoms with Crippen molar-refractivity contribution in [3.05, 3.63) is 30.1 Å². The van der Waals surface area contributed by atoms with E-state index < -0.39 is 0 Å². The van der Waals surface area contributed by atoms with Gasteiger partial charge in [0.1, 0.15) is 0 Å². The molecular formula is C15H26N2O. The molecule has 2 N–H and O–H groups in total. The molecular weight excluding hydrogens is 224 g/mol. The summed E-state index contributed by atoms with van der Waals surface area (Å²) in [7, 11) is 0. The van der Waals surface area contributed by atoms with E-state index in [1.54, 1.807) is 0 Å². The molecule has 18 heavy (non-hydrogen) atoms. The van der Waals surface area contributed by atoms with Crippen LogP contribution >= 0.6 is 0 Å². The number of nitrogens with one attached hydrogen (secondary N) is 1. The maximum atomic E-state index is 9.08. The average Bonchev–Trinajstić information content (AvgIpc) is 2.37. The second-order valence-electron chi connectivity index (χ2n) is 5.22. The first-order valence-corrected chi connectivity index (χ1v) is 6.95. The summed E-state index contributed by atoms with van der Waals surface area (Å²) in [6.45, 7) is 6.84. The molecule has 1 aromatic heterocycles. The third-order valence-electron chi connectivity index (χ3n) is 3.16. The Hall–Kier alpha value is -0.930. The van der Waals surface area contributed by atoms with Crippen LogP contribution in [0.3, 0.4) is 0 Å². The Morgan fingerprint density at radius 2 is 2.11 bits per heavy atom. The van der Waals surface area contributed by atoms with E-state index >= 15 is 0 Å². The van der Waals surface area contributed by atoms with Gasteiger partial charge in [-0.3, -0.25) is 4.98 Å². The van der Waals surface area contributed by atoms with Crippen LogP contribution in [0.15, 0.2) is 24.4 Å². The van der Waals surface area contributed by atoms with Crippen molar-refractivity contribution in [1.29, 1.82) is 0 Å². The van der Waals surface area contributed by atoms with Gasteiger partial charge in [0.05, 0.1) is 5.69 Å². The van der Waals surface area contributed by atoms with Crippen LogP contribution < -0.4 is 5.32 Å². The van der Waals surface area contributed by atoms with E-state index in [0.717, 1.165) is 25.0 Å². The van der Waals surface area contributed by atoms with E-state index in [-0.39, 0.29) is 12.6 Å². The van der Waals surface area contributed by atoms with Gasteiger partial charge in [-0.15, -0.1) is 0 Å². The molecule has 3 heteroatoms. The van der Waals surface area contributed by atoms with Gasteiger partial charge in [0.25, 0.3) is 0 Å². The van der Waals surface area contributed by atoms with Gasteiger partial charge in [0.15, 0.2) is 0 Å². The summed E-state index contributed by atoms with van der Waals surface area (Å²) in [4.78, 5) is 4.45. The van der Waals surface area contributed by atoms with E-state index in [0.29, 0.717) is 12.0 Å². The Morgan fingerprint density at radius 1 is 1.33 bits per heavy atom. The minimum atomic E-state index is 0.238. The zero-order valence-corrected chi connectivity index (χ0v) is 11.8. The maximum absolute atomic E-state index is 9.08. The van der Waals surface area contributed by atoms with Crippen molar-refractivity contribution >= 4 is 0 Å². The number of pyridine rings is 1. The Morgan fingerprint density at radius 3 is 2.61 bits per heavy atom. The Kier molecular flexibility index (Phi) is 6.91. The van der Waals surface area contributed by atoms with Gasteiger partial charge in [0.2, 0.25) is 0 Å². The fourth-order valence-corrected chi connectivity index (χ4v) is 2.17. The number of aliphatic hydroxyl groups excluding tert-OH is 1. The molecule has 2 atom stereocenters. The second-order valence-corrected chi connectivity index (χ2v) is 5.22. The van der Waals surface area contributed by atoms with Gasteiger partial charge >= 0.3 is 0 Å². The predicted octanol–water partition coefficient (Wildman–Crippen LogP) is 2.92. The SMILES string of the molecule is CCC(CCO)NC(CC(C)C)c1ccccn1. The van der Waals surface area contributed by atoms with Crippen LogP contribution in [0.2, 0.25) is 0 Å². The van der Waals surface area contributed by atoms with Crippen molar-refractivity contribution < 1.29 is 5.11 Å². The largest absolute Gasteiger partial charge is 0.396 e. The highest BCUT2D eigenvalue weighted by Crippen LogP contribution is 2.20. The van der Waals surface area contributed by atoms with E-state index in [2.05, 4.69) is 37.1 Å². The van der Waals surface area contributed by atoms with Crippen LogP contribution in [0.1, 0.15) is 51.8 Å². The number of rotatable bonds is 8. The smallest absolute Gasteiger partial charge is 0.0573 e. The van der Waals surface area contributed by atoms with Gasteiger partial charge in [0, 0.05) is 24.9 Å². The molecule has 0 aliphatic carbocycles. The van der Waals surface area contributed by atoms with E-state index in [4.69, 9.17) is 5.11 Å². The molecule has 0 spiro atoms. The molecule has 2 unspecified atom stereocenters. The summed E-state index contributed by atoms with van der Waals surface area (Å²) in [5.74, 6) is 0.621. The highest BCUT2D eigenvalue weighted by Gasteiger charge is 2.17. The third-order valence-corrected chi connectivity index (χ3v) is 3.16. The fourth-order valence-electron chi connectivity index (χ4n) is 2.17. The average molecular weight is 250 g/mol. The van der Waals surface area contributed by atoms with Crippen LogP contribution in [0.4, 0.5) is 0 Å². The third kappa shape index (κ3) is 5.15. The van der Waals surface area contributed by atoms with E-state index in [1.807, 2.05) is 18.3 Å². The zero-order valence-electron chi connectivity index (χ0n) is 11.8. The summed E-state index contributed by atoms with van der Waals surface area (Å²) in [6, 6.07) is 6.69. The van der Waals surface area contributed by atoms with Crippen molar-refractivity contribution in [2.24, 2.45) is 5.92 Å². The summed E-state index contributed by atoms with van der Waals surface area (Å²) in [5.41, 5.74) is 1.10. The quantitative estimate of drug-likeness (QED) is 0.745. The standard InChI is InChI=1S/C15H26N2O/c1-4-13(8-10-18)17-15(11-12(2)3)14-7-5-6-9-16-14/h5-7,9,12-13,15,17-18H,4,8,10-11H2,1-3H3. The molecule has 1 rings (SSSR count). The molecule has 0 aliphatic heterocycles. The molecule has 0 aliphatic rings. The molecule has 0 radical (unpaired) electrons. The minimum absolute atomic E-state index is 0.238. The first-order valence-electron chi connectivity index (χ1n) is 6.95. The molecule has 0 saturated heterocycles. The van der Waals surface area contributed by atoms with E-state index in [1.165, 1.54) is 0 Å². The van der Waals surface area contributed by atoms with Crippen molar-refractivity contribution in [2.75, 3.05) is 6.61 Å². The topological polar surface area (TPSA) is 45.1 Å².